The number of rotatable bonds is 4. The Balaban J connectivity index is 1.38. The molecular weight excluding hydrogens is 466 g/mol. The number of ether oxygens (including phenoxy) is 2. The van der Waals surface area contributed by atoms with Gasteiger partial charge in [-0.3, -0.25) is 14.2 Å². The van der Waals surface area contributed by atoms with Gasteiger partial charge in [0.15, 0.2) is 0 Å². The monoisotopic (exact) mass is 489 g/mol. The molecule has 5 aromatic rings. The van der Waals surface area contributed by atoms with E-state index in [1.807, 2.05) is 66.7 Å². The van der Waals surface area contributed by atoms with Crippen LogP contribution in [0.5, 0.6) is 17.2 Å². The van der Waals surface area contributed by atoms with Crippen molar-refractivity contribution in [2.24, 2.45) is 0 Å². The van der Waals surface area contributed by atoms with Gasteiger partial charge in [0.05, 0.1) is 35.3 Å². The van der Waals surface area contributed by atoms with E-state index in [0.717, 1.165) is 11.1 Å². The van der Waals surface area contributed by atoms with Crippen molar-refractivity contribution in [2.75, 3.05) is 12.4 Å². The van der Waals surface area contributed by atoms with E-state index in [9.17, 15) is 9.59 Å². The van der Waals surface area contributed by atoms with Gasteiger partial charge in [-0.25, -0.2) is 4.98 Å². The summed E-state index contributed by atoms with van der Waals surface area (Å²) in [5.74, 6) is 1.52. The molecule has 1 amide bonds. The number of carbonyl (C=O) groups excluding carboxylic acids is 1. The van der Waals surface area contributed by atoms with E-state index >= 15 is 0 Å². The molecule has 7 heteroatoms. The number of benzene rings is 4. The number of amides is 1. The number of hydrogen-bond acceptors (Lipinski definition) is 5. The zero-order chi connectivity index (χ0) is 25.5. The largest absolute Gasteiger partial charge is 0.494 e. The van der Waals surface area contributed by atoms with Gasteiger partial charge in [-0.1, -0.05) is 48.5 Å². The van der Waals surface area contributed by atoms with Crippen molar-refractivity contribution >= 4 is 22.5 Å². The minimum atomic E-state index is -0.555. The lowest BCUT2D eigenvalue weighted by molar-refractivity contribution is -0.116. The SMILES string of the molecule is COc1cc(-n2c(C)nc3ccccc3c2=O)ccc1NC(=O)C1c2ccccc2Oc2ccccc21. The smallest absolute Gasteiger partial charge is 0.265 e. The summed E-state index contributed by atoms with van der Waals surface area (Å²) in [5, 5.41) is 3.56. The standard InChI is InChI=1S/C30H23N3O4/c1-18-31-23-12-6-3-9-20(23)30(35)33(18)19-15-16-24(27(17-19)36-2)32-29(34)28-21-10-4-7-13-25(21)37-26-14-8-5-11-22(26)28/h3-17,28H,1-2H3,(H,32,34). The van der Waals surface area contributed by atoms with E-state index in [2.05, 4.69) is 10.3 Å². The van der Waals surface area contributed by atoms with Gasteiger partial charge in [0.2, 0.25) is 5.91 Å². The Hall–Kier alpha value is -4.91. The summed E-state index contributed by atoms with van der Waals surface area (Å²) in [6, 6.07) is 27.6. The molecule has 0 atom stereocenters. The van der Waals surface area contributed by atoms with E-state index in [-0.39, 0.29) is 11.5 Å². The molecule has 1 aromatic heterocycles. The van der Waals surface area contributed by atoms with Gasteiger partial charge >= 0.3 is 0 Å². The van der Waals surface area contributed by atoms with Crippen molar-refractivity contribution in [3.63, 3.8) is 0 Å². The average molecular weight is 490 g/mol. The van der Waals surface area contributed by atoms with Crippen molar-refractivity contribution < 1.29 is 14.3 Å². The fourth-order valence-corrected chi connectivity index (χ4v) is 4.87. The molecule has 1 N–H and O–H groups in total. The Morgan fingerprint density at radius 1 is 0.919 bits per heavy atom. The fourth-order valence-electron chi connectivity index (χ4n) is 4.87. The molecule has 0 radical (unpaired) electrons. The van der Waals surface area contributed by atoms with Crippen molar-refractivity contribution in [1.82, 2.24) is 9.55 Å². The molecule has 7 nitrogen and oxygen atoms in total. The van der Waals surface area contributed by atoms with Crippen LogP contribution >= 0.6 is 0 Å². The Bertz CT molecular complexity index is 1700. The molecular formula is C30H23N3O4. The highest BCUT2D eigenvalue weighted by Crippen LogP contribution is 2.44. The van der Waals surface area contributed by atoms with Gasteiger partial charge in [-0.2, -0.15) is 0 Å². The predicted octanol–water partition coefficient (Wildman–Crippen LogP) is 5.58. The van der Waals surface area contributed by atoms with Crippen molar-refractivity contribution in [2.45, 2.75) is 12.8 Å². The second-order valence-electron chi connectivity index (χ2n) is 8.80. The number of carbonyl (C=O) groups is 1. The molecule has 182 valence electrons. The summed E-state index contributed by atoms with van der Waals surface area (Å²) in [4.78, 5) is 31.5. The van der Waals surface area contributed by atoms with Crippen LogP contribution < -0.4 is 20.3 Å². The van der Waals surface area contributed by atoms with Gasteiger partial charge in [0.25, 0.3) is 5.56 Å². The maximum atomic E-state index is 13.7. The third-order valence-electron chi connectivity index (χ3n) is 6.59. The Morgan fingerprint density at radius 3 is 2.27 bits per heavy atom. The highest BCUT2D eigenvalue weighted by Gasteiger charge is 2.32. The quantitative estimate of drug-likeness (QED) is 0.356. The van der Waals surface area contributed by atoms with Crippen LogP contribution in [0.2, 0.25) is 0 Å². The number of methoxy groups -OCH3 is 1. The number of nitrogens with zero attached hydrogens (tertiary/aromatic N) is 2. The molecule has 6 rings (SSSR count). The second-order valence-corrected chi connectivity index (χ2v) is 8.80. The van der Waals surface area contributed by atoms with E-state index in [1.165, 1.54) is 7.11 Å². The first-order valence-electron chi connectivity index (χ1n) is 11.9. The average Bonchev–Trinajstić information content (AvgIpc) is 2.92. The molecule has 0 saturated heterocycles. The van der Waals surface area contributed by atoms with Crippen molar-refractivity contribution in [3.05, 3.63) is 118 Å². The number of anilines is 1. The summed E-state index contributed by atoms with van der Waals surface area (Å²) in [6.07, 6.45) is 0. The molecule has 4 aromatic carbocycles. The molecule has 0 fully saturated rings. The molecule has 0 unspecified atom stereocenters. The van der Waals surface area contributed by atoms with Crippen molar-refractivity contribution in [3.8, 4) is 22.9 Å². The Kier molecular flexibility index (Phi) is 5.45. The summed E-state index contributed by atoms with van der Waals surface area (Å²) in [5.41, 5.74) is 3.15. The molecule has 1 aliphatic heterocycles. The Labute approximate surface area is 212 Å². The lowest BCUT2D eigenvalue weighted by atomic mass is 9.87. The molecule has 0 spiro atoms. The zero-order valence-corrected chi connectivity index (χ0v) is 20.3. The Morgan fingerprint density at radius 2 is 1.57 bits per heavy atom. The number of para-hydroxylation sites is 3. The number of hydrogen-bond donors (Lipinski definition) is 1. The summed E-state index contributed by atoms with van der Waals surface area (Å²) in [6.45, 7) is 1.79. The third-order valence-corrected chi connectivity index (χ3v) is 6.59. The normalized spacial score (nSPS) is 12.4. The maximum absolute atomic E-state index is 13.7. The fraction of sp³-hybridized carbons (Fsp3) is 0.100. The molecule has 37 heavy (non-hydrogen) atoms. The third kappa shape index (κ3) is 3.81. The zero-order valence-electron chi connectivity index (χ0n) is 20.3. The summed E-state index contributed by atoms with van der Waals surface area (Å²) < 4.78 is 13.2. The first-order chi connectivity index (χ1) is 18.0. The number of fused-ring (bicyclic) bond motifs is 3. The summed E-state index contributed by atoms with van der Waals surface area (Å²) >= 11 is 0. The van der Waals surface area contributed by atoms with Crippen LogP contribution in [-0.2, 0) is 4.79 Å². The van der Waals surface area contributed by atoms with Gasteiger partial charge in [-0.15, -0.1) is 0 Å². The van der Waals surface area contributed by atoms with Crippen LogP contribution in [0, 0.1) is 6.92 Å². The summed E-state index contributed by atoms with van der Waals surface area (Å²) in [7, 11) is 1.53. The molecule has 1 aliphatic rings. The number of aryl methyl sites for hydroxylation is 1. The van der Waals surface area contributed by atoms with Crippen LogP contribution in [0.3, 0.4) is 0 Å². The second kappa shape index (κ2) is 8.95. The highest BCUT2D eigenvalue weighted by molar-refractivity contribution is 6.00. The van der Waals surface area contributed by atoms with Gasteiger partial charge < -0.3 is 14.8 Å². The minimum Gasteiger partial charge on any atom is -0.494 e. The first-order valence-corrected chi connectivity index (χ1v) is 11.9. The molecule has 0 saturated carbocycles. The van der Waals surface area contributed by atoms with Gasteiger partial charge in [-0.05, 0) is 43.3 Å². The van der Waals surface area contributed by atoms with E-state index in [1.54, 1.807) is 35.8 Å². The van der Waals surface area contributed by atoms with Crippen LogP contribution in [0.4, 0.5) is 5.69 Å². The van der Waals surface area contributed by atoms with E-state index in [4.69, 9.17) is 9.47 Å². The number of nitrogens with one attached hydrogen (secondary N) is 1. The predicted molar refractivity (Wildman–Crippen MR) is 142 cm³/mol. The van der Waals surface area contributed by atoms with Gasteiger partial charge in [0, 0.05) is 17.2 Å². The maximum Gasteiger partial charge on any atom is 0.265 e. The molecule has 0 aliphatic carbocycles. The molecule has 2 heterocycles. The minimum absolute atomic E-state index is 0.169. The lowest BCUT2D eigenvalue weighted by Gasteiger charge is -2.27. The van der Waals surface area contributed by atoms with E-state index in [0.29, 0.717) is 45.4 Å². The van der Waals surface area contributed by atoms with Crippen LogP contribution in [0.1, 0.15) is 22.9 Å². The van der Waals surface area contributed by atoms with Crippen LogP contribution in [0.15, 0.2) is 95.8 Å². The number of aromatic nitrogens is 2. The van der Waals surface area contributed by atoms with E-state index < -0.39 is 5.92 Å². The van der Waals surface area contributed by atoms with Gasteiger partial charge in [0.1, 0.15) is 23.1 Å². The van der Waals surface area contributed by atoms with Crippen LogP contribution in [0.25, 0.3) is 16.6 Å². The van der Waals surface area contributed by atoms with Crippen LogP contribution in [-0.4, -0.2) is 22.6 Å². The lowest BCUT2D eigenvalue weighted by Crippen LogP contribution is -2.25. The molecule has 0 bridgehead atoms. The topological polar surface area (TPSA) is 82.5 Å². The van der Waals surface area contributed by atoms with Crippen molar-refractivity contribution in [1.29, 1.82) is 0 Å². The first kappa shape index (κ1) is 22.5. The highest BCUT2D eigenvalue weighted by atomic mass is 16.5.